The Bertz CT molecular complexity index is 5110. The summed E-state index contributed by atoms with van der Waals surface area (Å²) in [5, 5.41) is 42.2. The molecule has 0 saturated carbocycles. The summed E-state index contributed by atoms with van der Waals surface area (Å²) in [4.78, 5) is 18.1. The standard InChI is InChI=1S/C71H29F6N11/c1-82-52-21-41(37-80)19-48(23-52)44-7-13-65-59(28-44)58-27-43(47-17-39(35-78)16-40(18-47)36-79)6-12-64(58)87(65)68-33-57(56-11-10-51(70(72,73)74)31-62(56)71(75,76)77)63(86-5)34-69(68)88-66-14-8-45(49-20-42(38-81)22-53(24-49)83-2)29-60(66)61-30-46(9-15-67(61)88)50-25-54(84-3)32-55(26-50)85-4/h6-34H. The van der Waals surface area contributed by atoms with E-state index in [9.17, 15) is 34.2 Å². The average molecular weight is 1150 g/mol. The third-order valence-corrected chi connectivity index (χ3v) is 15.2. The Morgan fingerprint density at radius 3 is 1.02 bits per heavy atom. The number of alkyl halides is 6. The van der Waals surface area contributed by atoms with Crippen molar-refractivity contribution in [3.63, 3.8) is 0 Å². The maximum absolute atomic E-state index is 15.4. The second kappa shape index (κ2) is 21.2. The lowest BCUT2D eigenvalue weighted by Crippen LogP contribution is -2.12. The minimum absolute atomic E-state index is 0.0182. The fourth-order valence-corrected chi connectivity index (χ4v) is 11.3. The highest BCUT2D eigenvalue weighted by Crippen LogP contribution is 2.49. The van der Waals surface area contributed by atoms with Crippen molar-refractivity contribution in [2.75, 3.05) is 0 Å². The molecule has 12 rings (SSSR count). The second-order valence-electron chi connectivity index (χ2n) is 20.3. The highest BCUT2D eigenvalue weighted by molar-refractivity contribution is 6.15. The van der Waals surface area contributed by atoms with Gasteiger partial charge in [-0.1, -0.05) is 48.5 Å². The molecule has 88 heavy (non-hydrogen) atoms. The van der Waals surface area contributed by atoms with E-state index in [0.717, 1.165) is 0 Å². The van der Waals surface area contributed by atoms with E-state index in [1.165, 1.54) is 36.4 Å². The van der Waals surface area contributed by atoms with E-state index in [1.807, 2.05) is 24.3 Å². The average Bonchev–Trinajstić information content (AvgIpc) is 1.55. The Hall–Kier alpha value is -13.2. The van der Waals surface area contributed by atoms with Gasteiger partial charge in [0, 0.05) is 32.7 Å². The van der Waals surface area contributed by atoms with Crippen molar-refractivity contribution < 1.29 is 26.3 Å². The van der Waals surface area contributed by atoms with E-state index in [1.54, 1.807) is 106 Å². The first-order valence-corrected chi connectivity index (χ1v) is 26.1. The second-order valence-corrected chi connectivity index (χ2v) is 20.3. The van der Waals surface area contributed by atoms with Crippen LogP contribution in [0.25, 0.3) is 135 Å². The summed E-state index contributed by atoms with van der Waals surface area (Å²) >= 11 is 0. The van der Waals surface area contributed by atoms with Crippen molar-refractivity contribution in [1.29, 1.82) is 21.0 Å². The van der Waals surface area contributed by atoms with Crippen molar-refractivity contribution in [3.05, 3.63) is 266 Å². The number of rotatable bonds is 7. The van der Waals surface area contributed by atoms with E-state index in [2.05, 4.69) is 48.5 Å². The van der Waals surface area contributed by atoms with E-state index < -0.39 is 29.0 Å². The summed E-state index contributed by atoms with van der Waals surface area (Å²) in [6.07, 6.45) is -10.5. The molecule has 10 aromatic carbocycles. The van der Waals surface area contributed by atoms with E-state index >= 15 is 13.2 Å². The monoisotopic (exact) mass is 1150 g/mol. The van der Waals surface area contributed by atoms with Crippen molar-refractivity contribution in [3.8, 4) is 91.3 Å². The normalized spacial score (nSPS) is 11.2. The van der Waals surface area contributed by atoms with Crippen LogP contribution < -0.4 is 0 Å². The van der Waals surface area contributed by atoms with Crippen LogP contribution in [0.4, 0.5) is 54.8 Å². The molecule has 0 fully saturated rings. The molecule has 11 nitrogen and oxygen atoms in total. The van der Waals surface area contributed by atoms with Gasteiger partial charge in [-0.3, -0.25) is 0 Å². The summed E-state index contributed by atoms with van der Waals surface area (Å²) in [5.41, 5.74) is 3.28. The van der Waals surface area contributed by atoms with Gasteiger partial charge in [-0.05, 0) is 183 Å². The van der Waals surface area contributed by atoms with Gasteiger partial charge in [0.2, 0.25) is 0 Å². The molecule has 0 aliphatic heterocycles. The van der Waals surface area contributed by atoms with Crippen LogP contribution in [0.5, 0.6) is 0 Å². The lowest BCUT2D eigenvalue weighted by Gasteiger charge is -2.22. The Kier molecular flexibility index (Phi) is 13.3. The van der Waals surface area contributed by atoms with Crippen LogP contribution in [0.1, 0.15) is 33.4 Å². The topological polar surface area (TPSA) is 127 Å². The molecule has 0 N–H and O–H groups in total. The number of hydrogen-bond acceptors (Lipinski definition) is 4. The molecular formula is C71H29F6N11. The summed E-state index contributed by atoms with van der Waals surface area (Å²) < 4.78 is 92.8. The molecule has 410 valence electrons. The molecular weight excluding hydrogens is 1120 g/mol. The number of hydrogen-bond donors (Lipinski definition) is 0. The quantitative estimate of drug-likeness (QED) is 0.116. The van der Waals surface area contributed by atoms with E-state index in [0.29, 0.717) is 100 Å². The number of halogens is 6. The van der Waals surface area contributed by atoms with Crippen molar-refractivity contribution in [2.24, 2.45) is 0 Å². The summed E-state index contributed by atoms with van der Waals surface area (Å²) in [5.74, 6) is 0. The SMILES string of the molecule is [C-]#[N+]c1cc(C#N)cc(-c2ccc3c(c2)c2cc(-c4cc([N+]#[C-])cc([N+]#[C-])c4)ccc2n3-c2cc([N+]#[C-])c(-c3ccc(C(F)(F)F)cc3C(F)(F)F)cc2-n2c3ccc(-c4cc(C#N)cc(C#N)c4)cc3c3cc(-c4cc(C#N)cc([N+]#[C-])c4)ccc32)c1. The lowest BCUT2D eigenvalue weighted by atomic mass is 9.94. The van der Waals surface area contributed by atoms with Gasteiger partial charge in [-0.15, -0.1) is 0 Å². The van der Waals surface area contributed by atoms with Gasteiger partial charge in [0.15, 0.2) is 28.4 Å². The Morgan fingerprint density at radius 2 is 0.670 bits per heavy atom. The summed E-state index contributed by atoms with van der Waals surface area (Å²) in [6, 6.07) is 52.4. The van der Waals surface area contributed by atoms with Crippen molar-refractivity contribution in [1.82, 2.24) is 9.13 Å². The summed E-state index contributed by atoms with van der Waals surface area (Å²) in [7, 11) is 0. The zero-order chi connectivity index (χ0) is 61.9. The van der Waals surface area contributed by atoms with Crippen LogP contribution in [0.15, 0.2) is 176 Å². The van der Waals surface area contributed by atoms with E-state index in [4.69, 9.17) is 32.9 Å². The Morgan fingerprint density at radius 1 is 0.318 bits per heavy atom. The number of benzene rings is 10. The Balaban J connectivity index is 1.24. The molecule has 17 heteroatoms. The van der Waals surface area contributed by atoms with Gasteiger partial charge in [-0.25, -0.2) is 24.2 Å². The number of nitriles is 4. The molecule has 2 aromatic heterocycles. The molecule has 0 unspecified atom stereocenters. The smallest absolute Gasteiger partial charge is 0.308 e. The maximum Gasteiger partial charge on any atom is 0.416 e. The van der Waals surface area contributed by atoms with Crippen LogP contribution in [0, 0.1) is 78.2 Å². The highest BCUT2D eigenvalue weighted by atomic mass is 19.4. The lowest BCUT2D eigenvalue weighted by molar-refractivity contribution is -0.142. The number of fused-ring (bicyclic) bond motifs is 6. The molecule has 2 heterocycles. The van der Waals surface area contributed by atoms with Crippen LogP contribution in [0.2, 0.25) is 0 Å². The van der Waals surface area contributed by atoms with Gasteiger partial charge < -0.3 is 9.13 Å². The number of nitrogens with zero attached hydrogens (tertiary/aromatic N) is 11. The summed E-state index contributed by atoms with van der Waals surface area (Å²) in [6.45, 7) is 39.9. The fourth-order valence-electron chi connectivity index (χ4n) is 11.3. The third kappa shape index (κ3) is 9.59. The minimum atomic E-state index is -5.37. The van der Waals surface area contributed by atoms with Gasteiger partial charge in [-0.2, -0.15) is 47.4 Å². The first-order chi connectivity index (χ1) is 42.4. The van der Waals surface area contributed by atoms with Gasteiger partial charge in [0.25, 0.3) is 0 Å². The minimum Gasteiger partial charge on any atom is -0.308 e. The predicted octanol–water partition coefficient (Wildman–Crippen LogP) is 20.5. The largest absolute Gasteiger partial charge is 0.416 e. The zero-order valence-electron chi connectivity index (χ0n) is 44.9. The third-order valence-electron chi connectivity index (χ3n) is 15.2. The molecule has 0 amide bonds. The Labute approximate surface area is 496 Å². The zero-order valence-corrected chi connectivity index (χ0v) is 44.9. The van der Waals surface area contributed by atoms with Crippen LogP contribution in [-0.4, -0.2) is 9.13 Å². The first kappa shape index (κ1) is 55.3. The van der Waals surface area contributed by atoms with Crippen LogP contribution in [0.3, 0.4) is 0 Å². The molecule has 0 aliphatic rings. The maximum atomic E-state index is 15.4. The molecule has 0 saturated heterocycles. The molecule has 0 spiro atoms. The molecule has 0 bridgehead atoms. The molecule has 0 aliphatic carbocycles. The molecule has 12 aromatic rings. The molecule has 0 atom stereocenters. The van der Waals surface area contributed by atoms with Gasteiger partial charge in [0.1, 0.15) is 0 Å². The fraction of sp³-hybridized carbons (Fsp3) is 0.0282. The van der Waals surface area contributed by atoms with Gasteiger partial charge in [0.05, 0.1) is 113 Å². The van der Waals surface area contributed by atoms with Crippen LogP contribution in [-0.2, 0) is 12.4 Å². The van der Waals surface area contributed by atoms with Gasteiger partial charge >= 0.3 is 12.4 Å². The first-order valence-electron chi connectivity index (χ1n) is 26.1. The van der Waals surface area contributed by atoms with E-state index in [-0.39, 0.29) is 73.7 Å². The highest BCUT2D eigenvalue weighted by Gasteiger charge is 2.39. The van der Waals surface area contributed by atoms with Crippen LogP contribution >= 0.6 is 0 Å². The molecule has 0 radical (unpaired) electrons. The number of aromatic nitrogens is 2. The van der Waals surface area contributed by atoms with Crippen molar-refractivity contribution >= 4 is 72.0 Å². The predicted molar refractivity (Wildman–Crippen MR) is 322 cm³/mol. The van der Waals surface area contributed by atoms with Crippen molar-refractivity contribution in [2.45, 2.75) is 12.4 Å².